The van der Waals surface area contributed by atoms with Gasteiger partial charge in [0.05, 0.1) is 0 Å². The van der Waals surface area contributed by atoms with Crippen molar-refractivity contribution in [2.75, 3.05) is 13.1 Å². The topological polar surface area (TPSA) is 52.2 Å². The van der Waals surface area contributed by atoms with Crippen molar-refractivity contribution in [2.45, 2.75) is 6.42 Å². The van der Waals surface area contributed by atoms with Crippen LogP contribution in [-0.2, 0) is 4.79 Å². The van der Waals surface area contributed by atoms with Gasteiger partial charge in [-0.05, 0) is 13.0 Å². The van der Waals surface area contributed by atoms with Gasteiger partial charge < -0.3 is 15.2 Å². The molecule has 1 unspecified atom stereocenters. The molecule has 1 aliphatic heterocycles. The fourth-order valence-corrected chi connectivity index (χ4v) is 0.856. The van der Waals surface area contributed by atoms with Gasteiger partial charge in [0.2, 0.25) is 0 Å². The van der Waals surface area contributed by atoms with Crippen molar-refractivity contribution in [2.24, 2.45) is 5.92 Å². The largest absolute Gasteiger partial charge is 0.550 e. The zero-order valence-electron chi connectivity index (χ0n) is 4.52. The fraction of sp³-hybridized carbons (Fsp3) is 0.800. The van der Waals surface area contributed by atoms with Gasteiger partial charge in [0.1, 0.15) is 0 Å². The molecule has 1 heterocycles. The molecule has 46 valence electrons. The monoisotopic (exact) mass is 114 g/mol. The number of carboxylic acids is 1. The Balaban J connectivity index is 2.35. The molecule has 0 aromatic rings. The number of rotatable bonds is 1. The van der Waals surface area contributed by atoms with Crippen molar-refractivity contribution in [1.29, 1.82) is 0 Å². The van der Waals surface area contributed by atoms with Gasteiger partial charge in [-0.2, -0.15) is 0 Å². The summed E-state index contributed by atoms with van der Waals surface area (Å²) in [6, 6.07) is 0. The average Bonchev–Trinajstić information content (AvgIpc) is 2.12. The number of nitrogens with one attached hydrogen (secondary N) is 1. The van der Waals surface area contributed by atoms with Gasteiger partial charge in [-0.3, -0.25) is 0 Å². The van der Waals surface area contributed by atoms with E-state index in [0.29, 0.717) is 6.54 Å². The van der Waals surface area contributed by atoms with E-state index in [9.17, 15) is 9.90 Å². The van der Waals surface area contributed by atoms with E-state index < -0.39 is 5.97 Å². The van der Waals surface area contributed by atoms with Gasteiger partial charge in [0.25, 0.3) is 0 Å². The van der Waals surface area contributed by atoms with Gasteiger partial charge in [0.15, 0.2) is 0 Å². The minimum Gasteiger partial charge on any atom is -0.550 e. The summed E-state index contributed by atoms with van der Waals surface area (Å²) < 4.78 is 0. The summed E-state index contributed by atoms with van der Waals surface area (Å²) in [4.78, 5) is 10.1. The van der Waals surface area contributed by atoms with Crippen LogP contribution in [0.3, 0.4) is 0 Å². The van der Waals surface area contributed by atoms with Crippen molar-refractivity contribution in [1.82, 2.24) is 5.32 Å². The molecule has 1 saturated heterocycles. The maximum absolute atomic E-state index is 10.1. The Kier molecular flexibility index (Phi) is 1.48. The van der Waals surface area contributed by atoms with Crippen LogP contribution in [0.5, 0.6) is 0 Å². The first-order valence-corrected chi connectivity index (χ1v) is 2.72. The van der Waals surface area contributed by atoms with Gasteiger partial charge in [-0.25, -0.2) is 0 Å². The molecular formula is C5H8NO2-. The smallest absolute Gasteiger partial charge is 0.0458 e. The maximum Gasteiger partial charge on any atom is 0.0458 e. The molecule has 8 heavy (non-hydrogen) atoms. The van der Waals surface area contributed by atoms with E-state index in [1.807, 2.05) is 0 Å². The number of hydrogen-bond acceptors (Lipinski definition) is 3. The Labute approximate surface area is 47.7 Å². The summed E-state index contributed by atoms with van der Waals surface area (Å²) >= 11 is 0. The highest BCUT2D eigenvalue weighted by atomic mass is 16.4. The summed E-state index contributed by atoms with van der Waals surface area (Å²) in [7, 11) is 0. The van der Waals surface area contributed by atoms with E-state index in [2.05, 4.69) is 5.32 Å². The van der Waals surface area contributed by atoms with E-state index in [0.717, 1.165) is 13.0 Å². The van der Waals surface area contributed by atoms with Crippen molar-refractivity contribution in [3.8, 4) is 0 Å². The molecule has 1 aliphatic rings. The van der Waals surface area contributed by atoms with Crippen LogP contribution in [0.4, 0.5) is 0 Å². The standard InChI is InChI=1S/C5H9NO2/c7-5(8)4-1-2-6-3-4/h4,6H,1-3H2,(H,7,8)/p-1. The molecule has 0 bridgehead atoms. The third-order valence-electron chi connectivity index (χ3n) is 1.39. The van der Waals surface area contributed by atoms with Crippen molar-refractivity contribution >= 4 is 5.97 Å². The lowest BCUT2D eigenvalue weighted by atomic mass is 10.1. The van der Waals surface area contributed by atoms with Crippen LogP contribution in [0.2, 0.25) is 0 Å². The third-order valence-corrected chi connectivity index (χ3v) is 1.39. The van der Waals surface area contributed by atoms with E-state index in [1.165, 1.54) is 0 Å². The Morgan fingerprint density at radius 1 is 1.75 bits per heavy atom. The van der Waals surface area contributed by atoms with Crippen molar-refractivity contribution < 1.29 is 9.90 Å². The predicted octanol–water partition coefficient (Wildman–Crippen LogP) is -1.65. The molecular weight excluding hydrogens is 106 g/mol. The van der Waals surface area contributed by atoms with Crippen LogP contribution in [0, 0.1) is 5.92 Å². The molecule has 0 aliphatic carbocycles. The van der Waals surface area contributed by atoms with E-state index in [4.69, 9.17) is 0 Å². The summed E-state index contributed by atoms with van der Waals surface area (Å²) in [5, 5.41) is 13.0. The summed E-state index contributed by atoms with van der Waals surface area (Å²) in [5.74, 6) is -1.16. The molecule has 1 rings (SSSR count). The highest BCUT2D eigenvalue weighted by molar-refractivity contribution is 5.68. The summed E-state index contributed by atoms with van der Waals surface area (Å²) in [5.41, 5.74) is 0. The first-order chi connectivity index (χ1) is 3.80. The Morgan fingerprint density at radius 3 is 2.75 bits per heavy atom. The zero-order valence-corrected chi connectivity index (χ0v) is 4.52. The number of carboxylic acid groups (broad SMARTS) is 1. The van der Waals surface area contributed by atoms with Gasteiger partial charge in [-0.15, -0.1) is 0 Å². The highest BCUT2D eigenvalue weighted by Gasteiger charge is 2.13. The normalized spacial score (nSPS) is 28.2. The summed E-state index contributed by atoms with van der Waals surface area (Å²) in [6.07, 6.45) is 0.725. The van der Waals surface area contributed by atoms with Gasteiger partial charge in [-0.1, -0.05) is 0 Å². The second-order valence-corrected chi connectivity index (χ2v) is 2.01. The first-order valence-electron chi connectivity index (χ1n) is 2.72. The van der Waals surface area contributed by atoms with Crippen LogP contribution in [-0.4, -0.2) is 19.1 Å². The highest BCUT2D eigenvalue weighted by Crippen LogP contribution is 2.04. The Hall–Kier alpha value is -0.570. The van der Waals surface area contributed by atoms with Crippen molar-refractivity contribution in [3.63, 3.8) is 0 Å². The van der Waals surface area contributed by atoms with E-state index in [-0.39, 0.29) is 5.92 Å². The second-order valence-electron chi connectivity index (χ2n) is 2.01. The van der Waals surface area contributed by atoms with Crippen molar-refractivity contribution in [3.05, 3.63) is 0 Å². The summed E-state index contributed by atoms with van der Waals surface area (Å²) in [6.45, 7) is 1.40. The molecule has 3 nitrogen and oxygen atoms in total. The number of carbonyl (C=O) groups excluding carboxylic acids is 1. The molecule has 0 saturated carbocycles. The molecule has 0 radical (unpaired) electrons. The van der Waals surface area contributed by atoms with Crippen LogP contribution < -0.4 is 10.4 Å². The quantitative estimate of drug-likeness (QED) is 0.444. The third kappa shape index (κ3) is 0.980. The predicted molar refractivity (Wildman–Crippen MR) is 26.0 cm³/mol. The van der Waals surface area contributed by atoms with Crippen LogP contribution in [0.25, 0.3) is 0 Å². The molecule has 0 aromatic carbocycles. The minimum atomic E-state index is -0.921. The molecule has 0 amide bonds. The number of hydrogen-bond donors (Lipinski definition) is 1. The Bertz CT molecular complexity index is 96.6. The van der Waals surface area contributed by atoms with Crippen LogP contribution in [0.1, 0.15) is 6.42 Å². The van der Waals surface area contributed by atoms with E-state index >= 15 is 0 Å². The maximum atomic E-state index is 10.1. The lowest BCUT2D eigenvalue weighted by Crippen LogP contribution is -2.32. The lowest BCUT2D eigenvalue weighted by Gasteiger charge is -2.06. The van der Waals surface area contributed by atoms with Crippen LogP contribution >= 0.6 is 0 Å². The first kappa shape index (κ1) is 5.56. The molecule has 1 fully saturated rings. The molecule has 1 N–H and O–H groups in total. The van der Waals surface area contributed by atoms with Gasteiger partial charge in [0, 0.05) is 18.4 Å². The Morgan fingerprint density at radius 2 is 2.50 bits per heavy atom. The molecule has 0 aromatic heterocycles. The fourth-order valence-electron chi connectivity index (χ4n) is 0.856. The SMILES string of the molecule is O=C([O-])C1CCNC1. The zero-order chi connectivity index (χ0) is 5.98. The number of carbonyl (C=O) groups is 1. The lowest BCUT2D eigenvalue weighted by molar-refractivity contribution is -0.310. The number of aliphatic carboxylic acids is 1. The molecule has 0 spiro atoms. The van der Waals surface area contributed by atoms with Crippen LogP contribution in [0.15, 0.2) is 0 Å². The van der Waals surface area contributed by atoms with E-state index in [1.54, 1.807) is 0 Å². The second kappa shape index (κ2) is 2.13. The minimum absolute atomic E-state index is 0.241. The molecule has 1 atom stereocenters. The average molecular weight is 114 g/mol. The van der Waals surface area contributed by atoms with Gasteiger partial charge >= 0.3 is 0 Å². The molecule has 3 heteroatoms.